The average Bonchev–Trinajstić information content (AvgIpc) is 2.47. The summed E-state index contributed by atoms with van der Waals surface area (Å²) in [6.45, 7) is 11.5. The highest BCUT2D eigenvalue weighted by molar-refractivity contribution is 5.50. The predicted molar refractivity (Wildman–Crippen MR) is 75.0 cm³/mol. The van der Waals surface area contributed by atoms with Crippen LogP contribution >= 0.6 is 0 Å². The fourth-order valence-corrected chi connectivity index (χ4v) is 2.94. The molecule has 0 amide bonds. The van der Waals surface area contributed by atoms with Gasteiger partial charge in [-0.15, -0.1) is 0 Å². The van der Waals surface area contributed by atoms with Gasteiger partial charge in [-0.05, 0) is 50.8 Å². The van der Waals surface area contributed by atoms with Crippen LogP contribution in [0, 0.1) is 5.41 Å². The van der Waals surface area contributed by atoms with Crippen LogP contribution in [0.1, 0.15) is 40.2 Å². The van der Waals surface area contributed by atoms with E-state index in [4.69, 9.17) is 0 Å². The summed E-state index contributed by atoms with van der Waals surface area (Å²) >= 11 is 0. The molecule has 1 aliphatic carbocycles. The lowest BCUT2D eigenvalue weighted by Gasteiger charge is -2.29. The van der Waals surface area contributed by atoms with Crippen LogP contribution in [-0.2, 0) is 6.42 Å². The average molecular weight is 226 g/mol. The van der Waals surface area contributed by atoms with Gasteiger partial charge < -0.3 is 0 Å². The molecule has 0 fully saturated rings. The highest BCUT2D eigenvalue weighted by Crippen LogP contribution is 2.48. The smallest absolute Gasteiger partial charge is 0.0139 e. The molecule has 1 aromatic carbocycles. The predicted octanol–water partition coefficient (Wildman–Crippen LogP) is 4.92. The first-order chi connectivity index (χ1) is 7.97. The minimum Gasteiger partial charge on any atom is -0.0622 e. The second-order valence-corrected chi connectivity index (χ2v) is 5.49. The number of rotatable bonds is 2. The summed E-state index contributed by atoms with van der Waals surface area (Å²) in [5.41, 5.74) is 7.70. The van der Waals surface area contributed by atoms with Crippen molar-refractivity contribution < 1.29 is 0 Å². The minimum absolute atomic E-state index is 0.218. The standard InChI is InChI=1S/C17H22/c1-12-13(2)15(4)17(5,14(12)3)11-16-9-7-6-8-10-16/h6-10H,11H2,1-5H3. The van der Waals surface area contributed by atoms with Crippen LogP contribution in [0.2, 0.25) is 0 Å². The van der Waals surface area contributed by atoms with Crippen LogP contribution < -0.4 is 0 Å². The Hall–Kier alpha value is -1.30. The summed E-state index contributed by atoms with van der Waals surface area (Å²) in [4.78, 5) is 0. The van der Waals surface area contributed by atoms with Crippen molar-refractivity contribution in [3.05, 3.63) is 58.2 Å². The number of allylic oxidation sites excluding steroid dienone is 4. The van der Waals surface area contributed by atoms with Crippen molar-refractivity contribution in [2.45, 2.75) is 41.0 Å². The van der Waals surface area contributed by atoms with Gasteiger partial charge in [-0.3, -0.25) is 0 Å². The molecule has 2 rings (SSSR count). The summed E-state index contributed by atoms with van der Waals surface area (Å²) < 4.78 is 0. The van der Waals surface area contributed by atoms with Crippen molar-refractivity contribution in [1.29, 1.82) is 0 Å². The summed E-state index contributed by atoms with van der Waals surface area (Å²) in [6, 6.07) is 10.8. The highest BCUT2D eigenvalue weighted by Gasteiger charge is 2.35. The van der Waals surface area contributed by atoms with E-state index < -0.39 is 0 Å². The highest BCUT2D eigenvalue weighted by atomic mass is 14.4. The molecule has 0 aromatic heterocycles. The molecule has 0 nitrogen and oxygen atoms in total. The van der Waals surface area contributed by atoms with Gasteiger partial charge in [0.25, 0.3) is 0 Å². The molecule has 0 radical (unpaired) electrons. The fourth-order valence-electron chi connectivity index (χ4n) is 2.94. The molecule has 0 saturated heterocycles. The quantitative estimate of drug-likeness (QED) is 0.671. The molecule has 1 aliphatic rings. The zero-order valence-corrected chi connectivity index (χ0v) is 11.6. The fraction of sp³-hybridized carbons (Fsp3) is 0.412. The summed E-state index contributed by atoms with van der Waals surface area (Å²) in [6.07, 6.45) is 1.11. The van der Waals surface area contributed by atoms with E-state index in [1.54, 1.807) is 0 Å². The molecule has 0 spiro atoms. The molecule has 0 N–H and O–H groups in total. The molecular weight excluding hydrogens is 204 g/mol. The zero-order valence-electron chi connectivity index (χ0n) is 11.6. The van der Waals surface area contributed by atoms with Gasteiger partial charge in [0.05, 0.1) is 0 Å². The first-order valence-corrected chi connectivity index (χ1v) is 6.37. The lowest BCUT2D eigenvalue weighted by Crippen LogP contribution is -2.20. The Balaban J connectivity index is 2.39. The van der Waals surface area contributed by atoms with Gasteiger partial charge in [-0.1, -0.05) is 48.4 Å². The number of hydrogen-bond donors (Lipinski definition) is 0. The van der Waals surface area contributed by atoms with Crippen LogP contribution in [0.4, 0.5) is 0 Å². The van der Waals surface area contributed by atoms with Gasteiger partial charge >= 0.3 is 0 Å². The maximum Gasteiger partial charge on any atom is 0.0139 e. The molecular formula is C17H22. The molecule has 0 atom stereocenters. The van der Waals surface area contributed by atoms with Crippen molar-refractivity contribution in [1.82, 2.24) is 0 Å². The molecule has 90 valence electrons. The van der Waals surface area contributed by atoms with Crippen molar-refractivity contribution in [2.24, 2.45) is 5.41 Å². The summed E-state index contributed by atoms with van der Waals surface area (Å²) in [5.74, 6) is 0. The third kappa shape index (κ3) is 1.86. The molecule has 0 aliphatic heterocycles. The normalized spacial score (nSPS) is 19.1. The largest absolute Gasteiger partial charge is 0.0622 e. The molecule has 0 saturated carbocycles. The second kappa shape index (κ2) is 4.18. The van der Waals surface area contributed by atoms with E-state index in [9.17, 15) is 0 Å². The molecule has 0 bridgehead atoms. The third-order valence-electron chi connectivity index (χ3n) is 4.74. The maximum absolute atomic E-state index is 2.38. The first kappa shape index (κ1) is 12.2. The lowest BCUT2D eigenvalue weighted by molar-refractivity contribution is 0.483. The number of hydrogen-bond acceptors (Lipinski definition) is 0. The van der Waals surface area contributed by atoms with E-state index in [0.29, 0.717) is 0 Å². The monoisotopic (exact) mass is 226 g/mol. The molecule has 0 heterocycles. The molecule has 1 aromatic rings. The summed E-state index contributed by atoms with van der Waals surface area (Å²) in [7, 11) is 0. The van der Waals surface area contributed by atoms with Gasteiger partial charge in [-0.2, -0.15) is 0 Å². The third-order valence-corrected chi connectivity index (χ3v) is 4.74. The van der Waals surface area contributed by atoms with Gasteiger partial charge in [0, 0.05) is 5.41 Å². The Morgan fingerprint density at radius 3 is 1.76 bits per heavy atom. The van der Waals surface area contributed by atoms with Gasteiger partial charge in [-0.25, -0.2) is 0 Å². The zero-order chi connectivity index (χ0) is 12.6. The lowest BCUT2D eigenvalue weighted by atomic mass is 9.74. The van der Waals surface area contributed by atoms with E-state index in [1.807, 2.05) is 0 Å². The Kier molecular flexibility index (Phi) is 2.99. The van der Waals surface area contributed by atoms with E-state index in [1.165, 1.54) is 27.9 Å². The SMILES string of the molecule is CC1=C(C)C(C)(Cc2ccccc2)C(C)=C1C. The van der Waals surface area contributed by atoms with Gasteiger partial charge in [0.2, 0.25) is 0 Å². The molecule has 0 unspecified atom stereocenters. The van der Waals surface area contributed by atoms with Crippen molar-refractivity contribution in [2.75, 3.05) is 0 Å². The van der Waals surface area contributed by atoms with Crippen LogP contribution in [0.25, 0.3) is 0 Å². The second-order valence-electron chi connectivity index (χ2n) is 5.49. The Morgan fingerprint density at radius 1 is 0.824 bits per heavy atom. The maximum atomic E-state index is 2.38. The Labute approximate surface area is 105 Å². The van der Waals surface area contributed by atoms with Gasteiger partial charge in [0.1, 0.15) is 0 Å². The Morgan fingerprint density at radius 2 is 1.29 bits per heavy atom. The van der Waals surface area contributed by atoms with Gasteiger partial charge in [0.15, 0.2) is 0 Å². The van der Waals surface area contributed by atoms with Crippen LogP contribution in [0.3, 0.4) is 0 Å². The van der Waals surface area contributed by atoms with E-state index in [0.717, 1.165) is 6.42 Å². The topological polar surface area (TPSA) is 0 Å². The number of benzene rings is 1. The van der Waals surface area contributed by atoms with E-state index in [2.05, 4.69) is 65.0 Å². The van der Waals surface area contributed by atoms with E-state index >= 15 is 0 Å². The minimum atomic E-state index is 0.218. The van der Waals surface area contributed by atoms with Crippen LogP contribution in [-0.4, -0.2) is 0 Å². The van der Waals surface area contributed by atoms with Crippen molar-refractivity contribution in [3.8, 4) is 0 Å². The van der Waals surface area contributed by atoms with E-state index in [-0.39, 0.29) is 5.41 Å². The van der Waals surface area contributed by atoms with Crippen molar-refractivity contribution in [3.63, 3.8) is 0 Å². The molecule has 0 heteroatoms. The summed E-state index contributed by atoms with van der Waals surface area (Å²) in [5, 5.41) is 0. The first-order valence-electron chi connectivity index (χ1n) is 6.37. The van der Waals surface area contributed by atoms with Crippen molar-refractivity contribution >= 4 is 0 Å². The Bertz CT molecular complexity index is 462. The van der Waals surface area contributed by atoms with Crippen LogP contribution in [0.15, 0.2) is 52.6 Å². The molecule has 17 heavy (non-hydrogen) atoms. The van der Waals surface area contributed by atoms with Crippen LogP contribution in [0.5, 0.6) is 0 Å².